The molecule has 2 aromatic heterocycles. The summed E-state index contributed by atoms with van der Waals surface area (Å²) in [4.78, 5) is 11.1. The van der Waals surface area contributed by atoms with Crippen molar-refractivity contribution in [3.63, 3.8) is 0 Å². The van der Waals surface area contributed by atoms with E-state index in [2.05, 4.69) is 20.0 Å². The zero-order chi connectivity index (χ0) is 14.2. The van der Waals surface area contributed by atoms with E-state index in [4.69, 9.17) is 9.26 Å². The highest BCUT2D eigenvalue weighted by molar-refractivity contribution is 7.09. The number of thiazole rings is 1. The van der Waals surface area contributed by atoms with E-state index in [1.54, 1.807) is 11.3 Å². The van der Waals surface area contributed by atoms with Gasteiger partial charge < -0.3 is 9.26 Å². The molecule has 0 N–H and O–H groups in total. The predicted molar refractivity (Wildman–Crippen MR) is 76.8 cm³/mol. The summed E-state index contributed by atoms with van der Waals surface area (Å²) in [7, 11) is 0. The van der Waals surface area contributed by atoms with E-state index < -0.39 is 0 Å². The van der Waals surface area contributed by atoms with Gasteiger partial charge in [0.05, 0.1) is 12.6 Å². The van der Waals surface area contributed by atoms with E-state index in [9.17, 15) is 0 Å². The molecule has 7 heteroatoms. The third-order valence-corrected chi connectivity index (χ3v) is 5.07. The zero-order valence-corrected chi connectivity index (χ0v) is 12.8. The number of nitrogens with zero attached hydrogens (tertiary/aromatic N) is 4. The fourth-order valence-electron chi connectivity index (χ4n) is 3.27. The summed E-state index contributed by atoms with van der Waals surface area (Å²) in [5.41, 5.74) is 0. The van der Waals surface area contributed by atoms with Crippen molar-refractivity contribution in [1.82, 2.24) is 20.0 Å². The Balaban J connectivity index is 1.40. The Morgan fingerprint density at radius 3 is 3.19 bits per heavy atom. The number of fused-ring (bicyclic) bond motifs is 1. The van der Waals surface area contributed by atoms with Crippen LogP contribution in [-0.2, 0) is 11.3 Å². The number of hydrogen-bond donors (Lipinski definition) is 0. The first-order chi connectivity index (χ1) is 10.3. The fourth-order valence-corrected chi connectivity index (χ4v) is 3.93. The molecule has 4 rings (SSSR count). The molecule has 2 aliphatic heterocycles. The Morgan fingerprint density at radius 2 is 2.43 bits per heavy atom. The number of aryl methyl sites for hydroxylation is 1. The van der Waals surface area contributed by atoms with Crippen molar-refractivity contribution >= 4 is 11.3 Å². The first-order valence-electron chi connectivity index (χ1n) is 7.34. The molecular weight excluding hydrogens is 288 g/mol. The van der Waals surface area contributed by atoms with Crippen LogP contribution in [0.4, 0.5) is 0 Å². The lowest BCUT2D eigenvalue weighted by Crippen LogP contribution is -2.41. The van der Waals surface area contributed by atoms with Gasteiger partial charge in [0.2, 0.25) is 11.7 Å². The van der Waals surface area contributed by atoms with E-state index in [0.29, 0.717) is 17.6 Å². The number of rotatable bonds is 3. The van der Waals surface area contributed by atoms with Gasteiger partial charge in [-0.25, -0.2) is 4.98 Å². The SMILES string of the molecule is Cc1nc([C@@H]2C[C@@H]3CCN(Cc4nccs4)C[C@H]3O2)no1. The van der Waals surface area contributed by atoms with Crippen LogP contribution in [0.2, 0.25) is 0 Å². The summed E-state index contributed by atoms with van der Waals surface area (Å²) < 4.78 is 11.2. The number of hydrogen-bond acceptors (Lipinski definition) is 7. The number of likely N-dealkylation sites (tertiary alicyclic amines) is 1. The van der Waals surface area contributed by atoms with Gasteiger partial charge in [0, 0.05) is 25.0 Å². The molecule has 0 unspecified atom stereocenters. The van der Waals surface area contributed by atoms with E-state index in [1.807, 2.05) is 18.5 Å². The van der Waals surface area contributed by atoms with Crippen molar-refractivity contribution in [2.24, 2.45) is 5.92 Å². The quantitative estimate of drug-likeness (QED) is 0.866. The minimum absolute atomic E-state index is 0.00253. The smallest absolute Gasteiger partial charge is 0.223 e. The van der Waals surface area contributed by atoms with Crippen molar-refractivity contribution in [1.29, 1.82) is 0 Å². The second-order valence-corrected chi connectivity index (χ2v) is 6.76. The molecule has 6 nitrogen and oxygen atoms in total. The van der Waals surface area contributed by atoms with E-state index in [0.717, 1.165) is 26.1 Å². The molecule has 0 saturated carbocycles. The molecule has 0 amide bonds. The summed E-state index contributed by atoms with van der Waals surface area (Å²) in [5, 5.41) is 7.21. The van der Waals surface area contributed by atoms with Crippen LogP contribution in [0, 0.1) is 12.8 Å². The molecule has 0 aliphatic carbocycles. The highest BCUT2D eigenvalue weighted by atomic mass is 32.1. The molecule has 0 aromatic carbocycles. The van der Waals surface area contributed by atoms with Gasteiger partial charge in [-0.1, -0.05) is 5.16 Å². The lowest BCUT2D eigenvalue weighted by atomic mass is 9.92. The van der Waals surface area contributed by atoms with Crippen molar-refractivity contribution in [2.75, 3.05) is 13.1 Å². The Labute approximate surface area is 127 Å². The van der Waals surface area contributed by atoms with Crippen LogP contribution in [0.25, 0.3) is 0 Å². The minimum atomic E-state index is -0.00253. The molecule has 0 radical (unpaired) electrons. The maximum atomic E-state index is 6.17. The average molecular weight is 306 g/mol. The van der Waals surface area contributed by atoms with E-state index in [-0.39, 0.29) is 12.2 Å². The largest absolute Gasteiger partial charge is 0.365 e. The van der Waals surface area contributed by atoms with Gasteiger partial charge in [-0.3, -0.25) is 4.90 Å². The third-order valence-electron chi connectivity index (χ3n) is 4.31. The average Bonchev–Trinajstić information content (AvgIpc) is 3.18. The molecule has 4 heterocycles. The lowest BCUT2D eigenvalue weighted by Gasteiger charge is -2.33. The standard InChI is InChI=1S/C14H18N4O2S/c1-9-16-14(17-20-9)11-6-10-2-4-18(7-12(10)19-11)8-13-15-3-5-21-13/h3,5,10-12H,2,4,6-8H2,1H3/t10-,11-,12+/m0/s1. The normalized spacial score (nSPS) is 29.7. The van der Waals surface area contributed by atoms with Gasteiger partial charge in [-0.15, -0.1) is 11.3 Å². The second kappa shape index (κ2) is 5.47. The van der Waals surface area contributed by atoms with Crippen LogP contribution in [0.15, 0.2) is 16.1 Å². The topological polar surface area (TPSA) is 64.3 Å². The van der Waals surface area contributed by atoms with E-state index in [1.165, 1.54) is 11.4 Å². The maximum absolute atomic E-state index is 6.17. The van der Waals surface area contributed by atoms with Gasteiger partial charge >= 0.3 is 0 Å². The summed E-state index contributed by atoms with van der Waals surface area (Å²) in [6.07, 6.45) is 4.32. The van der Waals surface area contributed by atoms with Crippen LogP contribution < -0.4 is 0 Å². The summed E-state index contributed by atoms with van der Waals surface area (Å²) >= 11 is 1.72. The van der Waals surface area contributed by atoms with E-state index >= 15 is 0 Å². The minimum Gasteiger partial charge on any atom is -0.365 e. The zero-order valence-electron chi connectivity index (χ0n) is 11.9. The molecule has 2 aliphatic rings. The molecule has 112 valence electrons. The van der Waals surface area contributed by atoms with Crippen molar-refractivity contribution in [2.45, 2.75) is 38.5 Å². The molecule has 21 heavy (non-hydrogen) atoms. The first-order valence-corrected chi connectivity index (χ1v) is 8.22. The van der Waals surface area contributed by atoms with Gasteiger partial charge in [0.25, 0.3) is 0 Å². The molecule has 0 spiro atoms. The highest BCUT2D eigenvalue weighted by Gasteiger charge is 2.41. The van der Waals surface area contributed by atoms with Crippen LogP contribution >= 0.6 is 11.3 Å². The highest BCUT2D eigenvalue weighted by Crippen LogP contribution is 2.40. The molecule has 0 bridgehead atoms. The number of piperidine rings is 1. The van der Waals surface area contributed by atoms with Crippen LogP contribution in [0.5, 0.6) is 0 Å². The predicted octanol–water partition coefficient (Wildman–Crippen LogP) is 2.19. The molecule has 2 fully saturated rings. The number of aromatic nitrogens is 3. The Bertz CT molecular complexity index is 600. The first kappa shape index (κ1) is 13.4. The second-order valence-electron chi connectivity index (χ2n) is 5.78. The van der Waals surface area contributed by atoms with Crippen LogP contribution in [0.1, 0.15) is 35.7 Å². The van der Waals surface area contributed by atoms with Gasteiger partial charge in [-0.2, -0.15) is 4.98 Å². The van der Waals surface area contributed by atoms with Crippen LogP contribution in [-0.4, -0.2) is 39.2 Å². The molecule has 2 aromatic rings. The monoisotopic (exact) mass is 306 g/mol. The maximum Gasteiger partial charge on any atom is 0.223 e. The lowest BCUT2D eigenvalue weighted by molar-refractivity contribution is -0.0125. The van der Waals surface area contributed by atoms with Crippen molar-refractivity contribution in [3.8, 4) is 0 Å². The molecule has 3 atom stereocenters. The Hall–Kier alpha value is -1.31. The molecular formula is C14H18N4O2S. The Morgan fingerprint density at radius 1 is 1.48 bits per heavy atom. The fraction of sp³-hybridized carbons (Fsp3) is 0.643. The number of ether oxygens (including phenoxy) is 1. The van der Waals surface area contributed by atoms with Gasteiger partial charge in [-0.05, 0) is 25.3 Å². The van der Waals surface area contributed by atoms with Gasteiger partial charge in [0.1, 0.15) is 11.1 Å². The Kier molecular flexibility index (Phi) is 3.48. The summed E-state index contributed by atoms with van der Waals surface area (Å²) in [6, 6.07) is 0. The summed E-state index contributed by atoms with van der Waals surface area (Å²) in [6.45, 7) is 4.82. The van der Waals surface area contributed by atoms with Crippen molar-refractivity contribution < 1.29 is 9.26 Å². The molecule has 2 saturated heterocycles. The van der Waals surface area contributed by atoms with Crippen LogP contribution in [0.3, 0.4) is 0 Å². The van der Waals surface area contributed by atoms with Crippen molar-refractivity contribution in [3.05, 3.63) is 28.3 Å². The summed E-state index contributed by atoms with van der Waals surface area (Å²) in [5.74, 6) is 1.92. The third kappa shape index (κ3) is 2.73. The van der Waals surface area contributed by atoms with Gasteiger partial charge in [0.15, 0.2) is 0 Å².